The summed E-state index contributed by atoms with van der Waals surface area (Å²) in [5.74, 6) is 0.372. The Kier molecular flexibility index (Phi) is 3.59. The van der Waals surface area contributed by atoms with E-state index in [-0.39, 0.29) is 5.82 Å². The molecule has 0 aliphatic heterocycles. The maximum absolute atomic E-state index is 13.7. The maximum atomic E-state index is 13.7. The van der Waals surface area contributed by atoms with Crippen LogP contribution in [0.2, 0.25) is 0 Å². The summed E-state index contributed by atoms with van der Waals surface area (Å²) in [5, 5.41) is 11.6. The molecule has 0 saturated heterocycles. The monoisotopic (exact) mass is 283 g/mol. The molecule has 0 radical (unpaired) electrons. The highest BCUT2D eigenvalue weighted by molar-refractivity contribution is 5.39. The molecule has 0 amide bonds. The minimum atomic E-state index is -0.250. The molecule has 3 aromatic rings. The highest BCUT2D eigenvalue weighted by Gasteiger charge is 2.10. The smallest absolute Gasteiger partial charge is 0.156 e. The van der Waals surface area contributed by atoms with E-state index in [4.69, 9.17) is 5.73 Å². The van der Waals surface area contributed by atoms with Crippen LogP contribution in [-0.2, 0) is 13.0 Å². The second kappa shape index (κ2) is 5.70. The lowest BCUT2D eigenvalue weighted by Gasteiger charge is -2.06. The minimum Gasteiger partial charge on any atom is -0.399 e. The van der Waals surface area contributed by atoms with E-state index in [0.29, 0.717) is 30.0 Å². The van der Waals surface area contributed by atoms with Gasteiger partial charge in [-0.15, -0.1) is 5.10 Å². The number of rotatable bonds is 4. The van der Waals surface area contributed by atoms with Gasteiger partial charge in [0, 0.05) is 12.1 Å². The van der Waals surface area contributed by atoms with Gasteiger partial charge >= 0.3 is 0 Å². The third kappa shape index (κ3) is 3.05. The summed E-state index contributed by atoms with van der Waals surface area (Å²) in [6.07, 6.45) is 0.356. The number of hydrogen-bond acceptors (Lipinski definition) is 4. The van der Waals surface area contributed by atoms with Crippen LogP contribution in [0, 0.1) is 5.82 Å². The predicted molar refractivity (Wildman–Crippen MR) is 77.0 cm³/mol. The Balaban J connectivity index is 1.81. The summed E-state index contributed by atoms with van der Waals surface area (Å²) in [7, 11) is 0. The zero-order valence-corrected chi connectivity index (χ0v) is 11.3. The van der Waals surface area contributed by atoms with Crippen molar-refractivity contribution in [2.24, 2.45) is 0 Å². The highest BCUT2D eigenvalue weighted by Crippen LogP contribution is 2.12. The fraction of sp³-hybridized carbons (Fsp3) is 0.133. The van der Waals surface area contributed by atoms with Crippen LogP contribution in [0.15, 0.2) is 48.5 Å². The number of tetrazole rings is 1. The van der Waals surface area contributed by atoms with E-state index < -0.39 is 0 Å². The predicted octanol–water partition coefficient (Wildman–Crippen LogP) is 2.03. The van der Waals surface area contributed by atoms with Gasteiger partial charge in [-0.25, -0.2) is 9.07 Å². The Morgan fingerprint density at radius 1 is 1.05 bits per heavy atom. The molecular weight excluding hydrogens is 269 g/mol. The van der Waals surface area contributed by atoms with Gasteiger partial charge in [-0.2, -0.15) is 0 Å². The van der Waals surface area contributed by atoms with E-state index in [1.807, 2.05) is 24.3 Å². The number of nitrogens with two attached hydrogens (primary N) is 1. The first-order valence-corrected chi connectivity index (χ1v) is 6.55. The molecule has 2 aromatic carbocycles. The van der Waals surface area contributed by atoms with Gasteiger partial charge in [-0.1, -0.05) is 30.3 Å². The zero-order valence-electron chi connectivity index (χ0n) is 11.3. The van der Waals surface area contributed by atoms with Crippen molar-refractivity contribution in [2.45, 2.75) is 13.0 Å². The molecular formula is C15H14FN5. The van der Waals surface area contributed by atoms with E-state index in [2.05, 4.69) is 15.5 Å². The van der Waals surface area contributed by atoms with Crippen molar-refractivity contribution in [3.63, 3.8) is 0 Å². The first kappa shape index (κ1) is 13.2. The van der Waals surface area contributed by atoms with Crippen molar-refractivity contribution in [3.8, 4) is 0 Å². The van der Waals surface area contributed by atoms with Crippen LogP contribution < -0.4 is 5.73 Å². The first-order chi connectivity index (χ1) is 10.2. The van der Waals surface area contributed by atoms with Crippen LogP contribution >= 0.6 is 0 Å². The molecule has 5 nitrogen and oxygen atoms in total. The van der Waals surface area contributed by atoms with Crippen molar-refractivity contribution in [3.05, 3.63) is 71.3 Å². The molecule has 0 atom stereocenters. The van der Waals surface area contributed by atoms with Crippen LogP contribution in [-0.4, -0.2) is 20.2 Å². The van der Waals surface area contributed by atoms with E-state index in [1.165, 1.54) is 6.07 Å². The Hall–Kier alpha value is -2.76. The molecule has 0 aliphatic carbocycles. The number of benzene rings is 2. The van der Waals surface area contributed by atoms with Gasteiger partial charge in [0.2, 0.25) is 0 Å². The second-order valence-corrected chi connectivity index (χ2v) is 4.76. The molecule has 106 valence electrons. The van der Waals surface area contributed by atoms with Gasteiger partial charge in [-0.3, -0.25) is 0 Å². The average molecular weight is 283 g/mol. The van der Waals surface area contributed by atoms with Crippen molar-refractivity contribution in [1.82, 2.24) is 20.2 Å². The van der Waals surface area contributed by atoms with Crippen LogP contribution in [0.25, 0.3) is 0 Å². The summed E-state index contributed by atoms with van der Waals surface area (Å²) in [6, 6.07) is 14.1. The quantitative estimate of drug-likeness (QED) is 0.744. The van der Waals surface area contributed by atoms with Gasteiger partial charge in [-0.05, 0) is 39.8 Å². The van der Waals surface area contributed by atoms with Crippen molar-refractivity contribution >= 4 is 5.69 Å². The summed E-state index contributed by atoms with van der Waals surface area (Å²) in [6.45, 7) is 0.525. The summed E-state index contributed by atoms with van der Waals surface area (Å²) >= 11 is 0. The molecule has 0 saturated carbocycles. The summed E-state index contributed by atoms with van der Waals surface area (Å²) in [5.41, 5.74) is 7.98. The van der Waals surface area contributed by atoms with Gasteiger partial charge in [0.25, 0.3) is 0 Å². The Morgan fingerprint density at radius 2 is 1.81 bits per heavy atom. The van der Waals surface area contributed by atoms with Gasteiger partial charge < -0.3 is 5.73 Å². The van der Waals surface area contributed by atoms with Crippen molar-refractivity contribution in [2.75, 3.05) is 5.73 Å². The Morgan fingerprint density at radius 3 is 2.57 bits per heavy atom. The lowest BCUT2D eigenvalue weighted by atomic mass is 10.1. The largest absolute Gasteiger partial charge is 0.399 e. The fourth-order valence-corrected chi connectivity index (χ4v) is 2.08. The number of anilines is 1. The first-order valence-electron chi connectivity index (χ1n) is 6.55. The molecule has 1 aromatic heterocycles. The van der Waals surface area contributed by atoms with Crippen molar-refractivity contribution < 1.29 is 4.39 Å². The van der Waals surface area contributed by atoms with E-state index in [1.54, 1.807) is 22.9 Å². The molecule has 0 unspecified atom stereocenters. The van der Waals surface area contributed by atoms with Gasteiger partial charge in [0.15, 0.2) is 5.82 Å². The molecule has 6 heteroatoms. The number of nitrogen functional groups attached to an aromatic ring is 1. The molecule has 0 aliphatic rings. The maximum Gasteiger partial charge on any atom is 0.156 e. The molecule has 2 N–H and O–H groups in total. The molecule has 3 rings (SSSR count). The molecule has 0 bridgehead atoms. The summed E-state index contributed by atoms with van der Waals surface area (Å²) < 4.78 is 15.4. The van der Waals surface area contributed by atoms with Gasteiger partial charge in [0.05, 0.1) is 6.54 Å². The second-order valence-electron chi connectivity index (χ2n) is 4.76. The molecule has 0 fully saturated rings. The lowest BCUT2D eigenvalue weighted by molar-refractivity contribution is 0.598. The molecule has 1 heterocycles. The third-order valence-electron chi connectivity index (χ3n) is 3.22. The Bertz CT molecular complexity index is 736. The number of aromatic nitrogens is 4. The van der Waals surface area contributed by atoms with Crippen molar-refractivity contribution in [1.29, 1.82) is 0 Å². The van der Waals surface area contributed by atoms with Crippen LogP contribution in [0.4, 0.5) is 10.1 Å². The lowest BCUT2D eigenvalue weighted by Crippen LogP contribution is -2.08. The number of hydrogen-bond donors (Lipinski definition) is 1. The van der Waals surface area contributed by atoms with E-state index >= 15 is 0 Å². The normalized spacial score (nSPS) is 10.7. The van der Waals surface area contributed by atoms with Crippen LogP contribution in [0.1, 0.15) is 17.0 Å². The Labute approximate surface area is 121 Å². The summed E-state index contributed by atoms with van der Waals surface area (Å²) in [4.78, 5) is 0. The van der Waals surface area contributed by atoms with Crippen LogP contribution in [0.3, 0.4) is 0 Å². The SMILES string of the molecule is Nc1ccc(Cn2nnnc2Cc2ccccc2F)cc1. The minimum absolute atomic E-state index is 0.250. The average Bonchev–Trinajstić information content (AvgIpc) is 2.91. The van der Waals surface area contributed by atoms with Gasteiger partial charge in [0.1, 0.15) is 5.82 Å². The standard InChI is InChI=1S/C15H14FN5/c16-14-4-2-1-3-12(14)9-15-18-19-20-21(15)10-11-5-7-13(17)8-6-11/h1-8H,9-10,17H2. The molecule has 21 heavy (non-hydrogen) atoms. The van der Waals surface area contributed by atoms with E-state index in [9.17, 15) is 4.39 Å². The highest BCUT2D eigenvalue weighted by atomic mass is 19.1. The topological polar surface area (TPSA) is 69.6 Å². The molecule has 0 spiro atoms. The third-order valence-corrected chi connectivity index (χ3v) is 3.22. The number of nitrogens with zero attached hydrogens (tertiary/aromatic N) is 4. The van der Waals surface area contributed by atoms with Crippen LogP contribution in [0.5, 0.6) is 0 Å². The fourth-order valence-electron chi connectivity index (χ4n) is 2.08. The zero-order chi connectivity index (χ0) is 14.7. The number of halogens is 1. The van der Waals surface area contributed by atoms with E-state index in [0.717, 1.165) is 5.56 Å².